The highest BCUT2D eigenvalue weighted by atomic mass is 19.1. The molecular weight excluding hydrogens is 155 g/mol. The van der Waals surface area contributed by atoms with E-state index in [1.807, 2.05) is 18.2 Å². The fraction of sp³-hybridized carbons (Fsp3) is 0.400. The van der Waals surface area contributed by atoms with E-state index >= 15 is 0 Å². The Morgan fingerprint density at radius 1 is 1.25 bits per heavy atom. The number of fused-ring (bicyclic) bond motifs is 1. The number of aryl methyl sites for hydroxylation is 2. The van der Waals surface area contributed by atoms with E-state index < -0.39 is 6.86 Å². The Morgan fingerprint density at radius 3 is 2.92 bits per heavy atom. The van der Waals surface area contributed by atoms with Gasteiger partial charge in [-0.05, 0) is 42.5 Å². The second kappa shape index (κ2) is 3.13. The van der Waals surface area contributed by atoms with Crippen LogP contribution in [0.25, 0.3) is 0 Å². The highest BCUT2D eigenvalue weighted by Crippen LogP contribution is 2.25. The largest absolute Gasteiger partial charge is 0.463 e. The lowest BCUT2D eigenvalue weighted by Gasteiger charge is -2.03. The molecule has 0 heterocycles. The highest BCUT2D eigenvalue weighted by molar-refractivity contribution is 5.38. The van der Waals surface area contributed by atoms with Crippen molar-refractivity contribution in [1.82, 2.24) is 0 Å². The molecule has 1 aromatic rings. The van der Waals surface area contributed by atoms with Gasteiger partial charge in [0.25, 0.3) is 0 Å². The first kappa shape index (κ1) is 7.59. The summed E-state index contributed by atoms with van der Waals surface area (Å²) >= 11 is 0. The molecule has 0 saturated heterocycles. The summed E-state index contributed by atoms with van der Waals surface area (Å²) in [6.45, 7) is -0.737. The van der Waals surface area contributed by atoms with Crippen molar-refractivity contribution in [3.63, 3.8) is 0 Å². The second-order valence-electron chi connectivity index (χ2n) is 3.04. The van der Waals surface area contributed by atoms with Gasteiger partial charge in [-0.15, -0.1) is 0 Å². The quantitative estimate of drug-likeness (QED) is 0.655. The molecule has 0 N–H and O–H groups in total. The second-order valence-corrected chi connectivity index (χ2v) is 3.04. The van der Waals surface area contributed by atoms with E-state index in [4.69, 9.17) is 4.74 Å². The molecule has 0 aromatic heterocycles. The van der Waals surface area contributed by atoms with Gasteiger partial charge in [-0.3, -0.25) is 0 Å². The molecule has 0 fully saturated rings. The van der Waals surface area contributed by atoms with Gasteiger partial charge in [0, 0.05) is 0 Å². The summed E-state index contributed by atoms with van der Waals surface area (Å²) in [7, 11) is 0. The molecule has 0 bridgehead atoms. The molecule has 1 nitrogen and oxygen atoms in total. The average Bonchev–Trinajstić information content (AvgIpc) is 2.51. The van der Waals surface area contributed by atoms with Crippen molar-refractivity contribution in [2.45, 2.75) is 19.3 Å². The lowest BCUT2D eigenvalue weighted by atomic mass is 10.1. The van der Waals surface area contributed by atoms with Gasteiger partial charge >= 0.3 is 0 Å². The minimum absolute atomic E-state index is 0.651. The molecule has 0 saturated carbocycles. The van der Waals surface area contributed by atoms with E-state index in [-0.39, 0.29) is 0 Å². The van der Waals surface area contributed by atoms with Gasteiger partial charge in [0.2, 0.25) is 6.86 Å². The smallest absolute Gasteiger partial charge is 0.228 e. The molecule has 1 aromatic carbocycles. The summed E-state index contributed by atoms with van der Waals surface area (Å²) < 4.78 is 16.6. The first-order valence-corrected chi connectivity index (χ1v) is 4.21. The molecule has 0 unspecified atom stereocenters. The summed E-state index contributed by atoms with van der Waals surface area (Å²) in [5.41, 5.74) is 2.71. The lowest BCUT2D eigenvalue weighted by molar-refractivity contribution is 0.191. The lowest BCUT2D eigenvalue weighted by Crippen LogP contribution is -1.91. The Labute approximate surface area is 71.2 Å². The van der Waals surface area contributed by atoms with Gasteiger partial charge in [0.1, 0.15) is 5.75 Å². The van der Waals surface area contributed by atoms with Crippen LogP contribution in [0.1, 0.15) is 17.5 Å². The fourth-order valence-electron chi connectivity index (χ4n) is 1.70. The number of hydrogen-bond acceptors (Lipinski definition) is 1. The molecule has 0 atom stereocenters. The number of hydrogen-bond donors (Lipinski definition) is 0. The van der Waals surface area contributed by atoms with Crippen LogP contribution in [0.2, 0.25) is 0 Å². The van der Waals surface area contributed by atoms with Gasteiger partial charge in [0.15, 0.2) is 0 Å². The molecule has 0 radical (unpaired) electrons. The third-order valence-corrected chi connectivity index (χ3v) is 2.29. The normalized spacial score (nSPS) is 14.4. The number of halogens is 1. The molecule has 1 aliphatic rings. The van der Waals surface area contributed by atoms with Gasteiger partial charge in [0.05, 0.1) is 0 Å². The summed E-state index contributed by atoms with van der Waals surface area (Å²) in [5, 5.41) is 0. The van der Waals surface area contributed by atoms with Crippen LogP contribution in [0, 0.1) is 0 Å². The van der Waals surface area contributed by atoms with Crippen molar-refractivity contribution in [1.29, 1.82) is 0 Å². The number of rotatable bonds is 2. The number of alkyl halides is 1. The summed E-state index contributed by atoms with van der Waals surface area (Å²) in [4.78, 5) is 0. The van der Waals surface area contributed by atoms with E-state index in [0.717, 1.165) is 12.8 Å². The number of ether oxygens (including phenoxy) is 1. The van der Waals surface area contributed by atoms with E-state index in [1.165, 1.54) is 17.5 Å². The predicted octanol–water partition coefficient (Wildman–Crippen LogP) is 2.48. The van der Waals surface area contributed by atoms with E-state index in [1.54, 1.807) is 0 Å². The van der Waals surface area contributed by atoms with E-state index in [2.05, 4.69) is 0 Å². The summed E-state index contributed by atoms with van der Waals surface area (Å²) in [5.74, 6) is 0.651. The predicted molar refractivity (Wildman–Crippen MR) is 45.1 cm³/mol. The van der Waals surface area contributed by atoms with Crippen molar-refractivity contribution < 1.29 is 9.13 Å². The van der Waals surface area contributed by atoms with Gasteiger partial charge in [-0.25, -0.2) is 4.39 Å². The topological polar surface area (TPSA) is 9.23 Å². The van der Waals surface area contributed by atoms with Crippen LogP contribution < -0.4 is 4.74 Å². The van der Waals surface area contributed by atoms with Gasteiger partial charge < -0.3 is 4.74 Å². The maximum Gasteiger partial charge on any atom is 0.228 e. The van der Waals surface area contributed by atoms with Crippen LogP contribution in [0.4, 0.5) is 4.39 Å². The average molecular weight is 166 g/mol. The third kappa shape index (κ3) is 1.29. The van der Waals surface area contributed by atoms with Crippen LogP contribution in [0.15, 0.2) is 18.2 Å². The van der Waals surface area contributed by atoms with Crippen LogP contribution in [0.3, 0.4) is 0 Å². The van der Waals surface area contributed by atoms with Crippen LogP contribution in [-0.2, 0) is 12.8 Å². The Hall–Kier alpha value is -1.05. The van der Waals surface area contributed by atoms with Gasteiger partial charge in [-0.1, -0.05) is 6.07 Å². The standard InChI is InChI=1S/C10H11FO/c11-7-12-10-5-4-8-2-1-3-9(8)6-10/h4-6H,1-3,7H2. The molecule has 0 spiro atoms. The van der Waals surface area contributed by atoms with E-state index in [0.29, 0.717) is 5.75 Å². The fourth-order valence-corrected chi connectivity index (χ4v) is 1.70. The minimum atomic E-state index is -0.737. The maximum absolute atomic E-state index is 11.8. The van der Waals surface area contributed by atoms with Crippen LogP contribution in [0.5, 0.6) is 5.75 Å². The Morgan fingerprint density at radius 2 is 2.08 bits per heavy atom. The molecule has 1 aliphatic carbocycles. The Bertz CT molecular complexity index is 283. The molecule has 64 valence electrons. The van der Waals surface area contributed by atoms with Crippen LogP contribution in [-0.4, -0.2) is 6.86 Å². The zero-order valence-electron chi connectivity index (χ0n) is 6.85. The highest BCUT2D eigenvalue weighted by Gasteiger charge is 2.10. The van der Waals surface area contributed by atoms with Crippen molar-refractivity contribution in [3.05, 3.63) is 29.3 Å². The molecule has 2 heteroatoms. The van der Waals surface area contributed by atoms with Crippen molar-refractivity contribution in [2.75, 3.05) is 6.86 Å². The monoisotopic (exact) mass is 166 g/mol. The molecule has 2 rings (SSSR count). The zero-order valence-corrected chi connectivity index (χ0v) is 6.85. The SMILES string of the molecule is FCOc1ccc2c(c1)CCC2. The van der Waals surface area contributed by atoms with E-state index in [9.17, 15) is 4.39 Å². The molecule has 12 heavy (non-hydrogen) atoms. The van der Waals surface area contributed by atoms with Crippen molar-refractivity contribution in [2.24, 2.45) is 0 Å². The molecule has 0 amide bonds. The van der Waals surface area contributed by atoms with Gasteiger partial charge in [-0.2, -0.15) is 0 Å². The molecule has 0 aliphatic heterocycles. The summed E-state index contributed by atoms with van der Waals surface area (Å²) in [6.07, 6.45) is 3.48. The maximum atomic E-state index is 11.8. The van der Waals surface area contributed by atoms with Crippen molar-refractivity contribution in [3.8, 4) is 5.75 Å². The summed E-state index contributed by atoms with van der Waals surface area (Å²) in [6, 6.07) is 5.82. The third-order valence-electron chi connectivity index (χ3n) is 2.29. The molecular formula is C10H11FO. The first-order valence-electron chi connectivity index (χ1n) is 4.21. The Kier molecular flexibility index (Phi) is 1.98. The Balaban J connectivity index is 2.26. The number of benzene rings is 1. The van der Waals surface area contributed by atoms with Crippen molar-refractivity contribution >= 4 is 0 Å². The first-order chi connectivity index (χ1) is 5.90. The minimum Gasteiger partial charge on any atom is -0.463 e. The zero-order chi connectivity index (χ0) is 8.39. The van der Waals surface area contributed by atoms with Crippen LogP contribution >= 0.6 is 0 Å².